The number of nitrogens with zero attached hydrogens (tertiary/aromatic N) is 2. The van der Waals surface area contributed by atoms with E-state index in [4.69, 9.17) is 41.2 Å². The summed E-state index contributed by atoms with van der Waals surface area (Å²) >= 11 is 18.3. The van der Waals surface area contributed by atoms with Gasteiger partial charge in [-0.05, 0) is 22.3 Å². The molecule has 1 aliphatic carbocycles. The fourth-order valence-electron chi connectivity index (χ4n) is 2.20. The molecule has 2 heterocycles. The van der Waals surface area contributed by atoms with Gasteiger partial charge in [0.2, 0.25) is 0 Å². The molecule has 1 saturated heterocycles. The minimum Gasteiger partial charge on any atom is -0.741 e. The molecule has 0 amide bonds. The molecule has 2 aliphatic rings. The number of nitrogens with one attached hydrogen (secondary N) is 2. The Morgan fingerprint density at radius 3 is 2.70 bits per heavy atom. The highest BCUT2D eigenvalue weighted by atomic mass is 35.5. The summed E-state index contributed by atoms with van der Waals surface area (Å²) in [6, 6.07) is -0.207. The maximum Gasteiger partial charge on any atom is 0.132 e. The van der Waals surface area contributed by atoms with E-state index in [1.54, 1.807) is 5.01 Å². The van der Waals surface area contributed by atoms with Crippen LogP contribution < -0.4 is 5.43 Å². The van der Waals surface area contributed by atoms with Gasteiger partial charge in [0.05, 0.1) is 16.8 Å². The number of rotatable bonds is 1. The molecule has 2 N–H and O–H groups in total. The predicted molar refractivity (Wildman–Crippen MR) is 84.9 cm³/mol. The maximum atomic E-state index is 7.73. The van der Waals surface area contributed by atoms with Gasteiger partial charge in [-0.25, -0.2) is 0 Å². The van der Waals surface area contributed by atoms with Crippen molar-refractivity contribution in [2.24, 2.45) is 0 Å². The summed E-state index contributed by atoms with van der Waals surface area (Å²) < 4.78 is 4.74. The summed E-state index contributed by atoms with van der Waals surface area (Å²) in [6.07, 6.45) is 8.60. The lowest BCUT2D eigenvalue weighted by Crippen LogP contribution is -2.36. The fourth-order valence-corrected chi connectivity index (χ4v) is 3.47. The largest absolute Gasteiger partial charge is 0.741 e. The van der Waals surface area contributed by atoms with E-state index in [1.165, 1.54) is 0 Å². The van der Waals surface area contributed by atoms with Crippen LogP contribution in [0.2, 0.25) is 9.36 Å². The van der Waals surface area contributed by atoms with Crippen molar-refractivity contribution in [2.75, 3.05) is 0 Å². The van der Waals surface area contributed by atoms with Gasteiger partial charge in [-0.1, -0.05) is 47.5 Å². The highest BCUT2D eigenvalue weighted by molar-refractivity contribution is 7.77. The Morgan fingerprint density at radius 2 is 2.15 bits per heavy atom. The highest BCUT2D eigenvalue weighted by Gasteiger charge is 2.33. The van der Waals surface area contributed by atoms with Crippen molar-refractivity contribution >= 4 is 52.5 Å². The van der Waals surface area contributed by atoms with Crippen molar-refractivity contribution in [1.82, 2.24) is 14.8 Å². The van der Waals surface area contributed by atoms with Gasteiger partial charge in [-0.15, -0.1) is 0 Å². The molecular weight excluding hydrogens is 335 g/mol. The first-order valence-corrected chi connectivity index (χ1v) is 7.71. The first-order valence-electron chi connectivity index (χ1n) is 5.78. The molecule has 8 heteroatoms. The van der Waals surface area contributed by atoms with Crippen LogP contribution in [-0.2, 0) is 12.6 Å². The van der Waals surface area contributed by atoms with E-state index >= 15 is 0 Å². The second-order valence-electron chi connectivity index (χ2n) is 4.31. The number of aromatic nitrogens is 1. The summed E-state index contributed by atoms with van der Waals surface area (Å²) in [4.78, 5) is 0. The summed E-state index contributed by atoms with van der Waals surface area (Å²) in [5.74, 6) is 0. The Bertz CT molecular complexity index is 648. The second-order valence-corrected chi connectivity index (χ2v) is 6.45. The number of hydrogen-bond acceptors (Lipinski definition) is 5. The third kappa shape index (κ3) is 2.33. The van der Waals surface area contributed by atoms with Gasteiger partial charge in [-0.3, -0.25) is 5.01 Å². The molecule has 20 heavy (non-hydrogen) atoms. The van der Waals surface area contributed by atoms with Crippen molar-refractivity contribution in [1.29, 1.82) is 5.41 Å². The van der Waals surface area contributed by atoms with Crippen LogP contribution in [-0.4, -0.2) is 14.6 Å². The monoisotopic (exact) mass is 343 g/mol. The predicted octanol–water partition coefficient (Wildman–Crippen LogP) is 3.56. The van der Waals surface area contributed by atoms with Crippen molar-refractivity contribution in [2.45, 2.75) is 12.5 Å². The molecule has 1 aromatic heterocycles. The van der Waals surface area contributed by atoms with Crippen molar-refractivity contribution < 1.29 is 0 Å². The van der Waals surface area contributed by atoms with Crippen LogP contribution in [0.4, 0.5) is 0 Å². The van der Waals surface area contributed by atoms with Crippen LogP contribution in [0.1, 0.15) is 18.2 Å². The van der Waals surface area contributed by atoms with E-state index in [1.807, 2.05) is 24.3 Å². The Kier molecular flexibility index (Phi) is 3.72. The normalized spacial score (nSPS) is 20.9. The van der Waals surface area contributed by atoms with Crippen molar-refractivity contribution in [3.63, 3.8) is 0 Å². The Labute approximate surface area is 135 Å². The Morgan fingerprint density at radius 1 is 1.45 bits per heavy atom. The molecule has 0 bridgehead atoms. The number of amidine groups is 1. The molecule has 1 aromatic rings. The van der Waals surface area contributed by atoms with Gasteiger partial charge in [0.15, 0.2) is 0 Å². The molecular formula is C12H9Cl2N4S2-. The summed E-state index contributed by atoms with van der Waals surface area (Å²) in [6.45, 7) is 0. The first kappa shape index (κ1) is 13.9. The first-order chi connectivity index (χ1) is 9.58. The van der Waals surface area contributed by atoms with Gasteiger partial charge in [0.1, 0.15) is 4.34 Å². The molecule has 104 valence electrons. The number of hydrazine groups is 1. The van der Waals surface area contributed by atoms with Gasteiger partial charge >= 0.3 is 0 Å². The lowest BCUT2D eigenvalue weighted by molar-refractivity contribution is 0.326. The second kappa shape index (κ2) is 5.37. The third-order valence-corrected chi connectivity index (χ3v) is 4.97. The molecule has 1 fully saturated rings. The summed E-state index contributed by atoms with van der Waals surface area (Å²) in [7, 11) is 0. The van der Waals surface area contributed by atoms with Crippen LogP contribution in [0.15, 0.2) is 35.6 Å². The SMILES string of the molecule is N=C([S-])N1NC(=C2C=CC=C2)CC1c1nsc(Cl)c1Cl. The fraction of sp³-hybridized carbons (Fsp3) is 0.167. The topological polar surface area (TPSA) is 52.0 Å². The summed E-state index contributed by atoms with van der Waals surface area (Å²) in [5, 5.41) is 9.76. The minimum atomic E-state index is -0.207. The number of allylic oxidation sites excluding steroid dienone is 5. The smallest absolute Gasteiger partial charge is 0.132 e. The van der Waals surface area contributed by atoms with E-state index in [0.29, 0.717) is 21.5 Å². The number of hydrogen-bond donors (Lipinski definition) is 2. The molecule has 0 aromatic carbocycles. The van der Waals surface area contributed by atoms with E-state index in [0.717, 1.165) is 22.8 Å². The lowest BCUT2D eigenvalue weighted by Gasteiger charge is -2.29. The van der Waals surface area contributed by atoms with E-state index in [9.17, 15) is 0 Å². The molecule has 3 rings (SSSR count). The maximum absolute atomic E-state index is 7.73. The quantitative estimate of drug-likeness (QED) is 0.465. The Balaban J connectivity index is 1.99. The minimum absolute atomic E-state index is 0.00301. The highest BCUT2D eigenvalue weighted by Crippen LogP contribution is 2.40. The number of halogens is 2. The summed E-state index contributed by atoms with van der Waals surface area (Å²) in [5.41, 5.74) is 5.89. The van der Waals surface area contributed by atoms with Crippen LogP contribution in [0, 0.1) is 5.41 Å². The van der Waals surface area contributed by atoms with Gasteiger partial charge in [0, 0.05) is 12.1 Å². The molecule has 1 atom stereocenters. The lowest BCUT2D eigenvalue weighted by atomic mass is 10.1. The zero-order valence-electron chi connectivity index (χ0n) is 10.1. The zero-order valence-corrected chi connectivity index (χ0v) is 13.2. The Hall–Kier alpha value is -1.08. The van der Waals surface area contributed by atoms with Crippen LogP contribution in [0.5, 0.6) is 0 Å². The average Bonchev–Trinajstić information content (AvgIpc) is 3.10. The van der Waals surface area contributed by atoms with Gasteiger partial charge in [0.25, 0.3) is 0 Å². The molecule has 0 radical (unpaired) electrons. The molecule has 1 aliphatic heterocycles. The van der Waals surface area contributed by atoms with E-state index in [-0.39, 0.29) is 11.2 Å². The van der Waals surface area contributed by atoms with Gasteiger partial charge in [-0.2, -0.15) is 4.37 Å². The molecule has 1 unspecified atom stereocenters. The van der Waals surface area contributed by atoms with Crippen LogP contribution in [0.3, 0.4) is 0 Å². The van der Waals surface area contributed by atoms with E-state index in [2.05, 4.69) is 9.80 Å². The van der Waals surface area contributed by atoms with Crippen LogP contribution >= 0.6 is 34.7 Å². The molecule has 0 saturated carbocycles. The van der Waals surface area contributed by atoms with Crippen LogP contribution in [0.25, 0.3) is 0 Å². The van der Waals surface area contributed by atoms with E-state index < -0.39 is 0 Å². The molecule has 4 nitrogen and oxygen atoms in total. The van der Waals surface area contributed by atoms with Crippen molar-refractivity contribution in [3.8, 4) is 0 Å². The average molecular weight is 344 g/mol. The van der Waals surface area contributed by atoms with Crippen molar-refractivity contribution in [3.05, 3.63) is 50.6 Å². The third-order valence-electron chi connectivity index (χ3n) is 3.13. The zero-order chi connectivity index (χ0) is 14.3. The molecule has 0 spiro atoms. The van der Waals surface area contributed by atoms with Gasteiger partial charge < -0.3 is 23.5 Å². The standard InChI is InChI=1S/C12H10Cl2N4S2/c13-9-10(17-20-11(9)14)8-5-7(6-3-1-2-4-6)16-18(8)12(15)19/h1-4,8,16H,5H2,(H2,15,19)/p-1.